The van der Waals surface area contributed by atoms with Gasteiger partial charge >= 0.3 is 0 Å². The van der Waals surface area contributed by atoms with Gasteiger partial charge in [0.05, 0.1) is 0 Å². The number of hydrogen-bond donors (Lipinski definition) is 2. The third-order valence-electron chi connectivity index (χ3n) is 3.72. The lowest BCUT2D eigenvalue weighted by Gasteiger charge is -2.23. The Morgan fingerprint density at radius 1 is 1.21 bits per heavy atom. The second-order valence-corrected chi connectivity index (χ2v) is 5.03. The van der Waals surface area contributed by atoms with Gasteiger partial charge in [-0.15, -0.1) is 0 Å². The molecule has 3 heteroatoms. The van der Waals surface area contributed by atoms with E-state index in [0.717, 1.165) is 32.5 Å². The van der Waals surface area contributed by atoms with Crippen molar-refractivity contribution in [3.05, 3.63) is 35.4 Å². The zero-order chi connectivity index (χ0) is 14.1. The van der Waals surface area contributed by atoms with E-state index in [1.165, 1.54) is 17.5 Å². The maximum Gasteiger partial charge on any atom is 0.0472 e. The predicted octanol–water partition coefficient (Wildman–Crippen LogP) is 2.88. The largest absolute Gasteiger partial charge is 0.304 e. The Morgan fingerprint density at radius 2 is 1.95 bits per heavy atom. The van der Waals surface area contributed by atoms with E-state index in [4.69, 9.17) is 5.84 Å². The maximum absolute atomic E-state index is 5.73. The molecule has 0 aliphatic carbocycles. The van der Waals surface area contributed by atoms with Crippen LogP contribution in [0.15, 0.2) is 24.3 Å². The molecule has 0 saturated heterocycles. The topological polar surface area (TPSA) is 41.3 Å². The van der Waals surface area contributed by atoms with E-state index in [2.05, 4.69) is 55.4 Å². The molecule has 3 nitrogen and oxygen atoms in total. The average molecular weight is 263 g/mol. The van der Waals surface area contributed by atoms with Gasteiger partial charge in [-0.25, -0.2) is 0 Å². The van der Waals surface area contributed by atoms with Crippen molar-refractivity contribution >= 4 is 0 Å². The van der Waals surface area contributed by atoms with Gasteiger partial charge in [-0.1, -0.05) is 51.5 Å². The quantitative estimate of drug-likeness (QED) is 0.532. The molecule has 0 fully saturated rings. The summed E-state index contributed by atoms with van der Waals surface area (Å²) in [6, 6.07) is 9.05. The van der Waals surface area contributed by atoms with Crippen LogP contribution in [0.5, 0.6) is 0 Å². The highest BCUT2D eigenvalue weighted by Crippen LogP contribution is 2.18. The van der Waals surface area contributed by atoms with Crippen molar-refractivity contribution in [1.29, 1.82) is 0 Å². The first-order valence-electron chi connectivity index (χ1n) is 7.52. The Labute approximate surface area is 118 Å². The minimum absolute atomic E-state index is 0.248. The molecule has 1 unspecified atom stereocenters. The molecule has 0 amide bonds. The van der Waals surface area contributed by atoms with Crippen molar-refractivity contribution in [2.24, 2.45) is 5.84 Å². The maximum atomic E-state index is 5.73. The van der Waals surface area contributed by atoms with Gasteiger partial charge in [-0.3, -0.25) is 11.3 Å². The van der Waals surface area contributed by atoms with Gasteiger partial charge in [0.1, 0.15) is 0 Å². The first-order valence-corrected chi connectivity index (χ1v) is 7.52. The molecule has 0 radical (unpaired) electrons. The second-order valence-electron chi connectivity index (χ2n) is 5.03. The van der Waals surface area contributed by atoms with Crippen LogP contribution in [-0.4, -0.2) is 24.5 Å². The van der Waals surface area contributed by atoms with Crippen LogP contribution in [0.2, 0.25) is 0 Å². The minimum atomic E-state index is 0.248. The van der Waals surface area contributed by atoms with Crippen LogP contribution < -0.4 is 11.3 Å². The van der Waals surface area contributed by atoms with Gasteiger partial charge in [0.25, 0.3) is 0 Å². The normalized spacial score (nSPS) is 12.9. The molecule has 108 valence electrons. The first-order chi connectivity index (χ1) is 9.24. The zero-order valence-corrected chi connectivity index (χ0v) is 12.7. The van der Waals surface area contributed by atoms with Gasteiger partial charge in [-0.05, 0) is 43.6 Å². The van der Waals surface area contributed by atoms with Gasteiger partial charge in [0, 0.05) is 6.04 Å². The summed E-state index contributed by atoms with van der Waals surface area (Å²) in [6.45, 7) is 9.91. The highest BCUT2D eigenvalue weighted by molar-refractivity contribution is 5.26. The van der Waals surface area contributed by atoms with Gasteiger partial charge in [0.15, 0.2) is 0 Å². The highest BCUT2D eigenvalue weighted by Gasteiger charge is 2.11. The fourth-order valence-corrected chi connectivity index (χ4v) is 2.45. The molecule has 0 bridgehead atoms. The van der Waals surface area contributed by atoms with Crippen LogP contribution in [0.1, 0.15) is 50.8 Å². The first kappa shape index (κ1) is 16.2. The number of nitrogens with zero attached hydrogens (tertiary/aromatic N) is 1. The van der Waals surface area contributed by atoms with Crippen LogP contribution >= 0.6 is 0 Å². The van der Waals surface area contributed by atoms with Crippen molar-refractivity contribution in [3.8, 4) is 0 Å². The zero-order valence-electron chi connectivity index (χ0n) is 12.7. The molecule has 0 aliphatic heterocycles. The summed E-state index contributed by atoms with van der Waals surface area (Å²) >= 11 is 0. The summed E-state index contributed by atoms with van der Waals surface area (Å²) in [5.41, 5.74) is 5.68. The molecule has 0 spiro atoms. The van der Waals surface area contributed by atoms with E-state index >= 15 is 0 Å². The fraction of sp³-hybridized carbons (Fsp3) is 0.625. The molecule has 1 aromatic carbocycles. The molecule has 0 heterocycles. The summed E-state index contributed by atoms with van der Waals surface area (Å²) in [4.78, 5) is 2.43. The van der Waals surface area contributed by atoms with E-state index in [1.807, 2.05) is 0 Å². The van der Waals surface area contributed by atoms with Crippen LogP contribution in [0.4, 0.5) is 0 Å². The molecular formula is C16H29N3. The van der Waals surface area contributed by atoms with Gasteiger partial charge < -0.3 is 4.90 Å². The molecule has 1 atom stereocenters. The molecule has 1 rings (SSSR count). The van der Waals surface area contributed by atoms with E-state index in [0.29, 0.717) is 0 Å². The van der Waals surface area contributed by atoms with Crippen LogP contribution in [0.25, 0.3) is 0 Å². The molecule has 0 saturated carbocycles. The Morgan fingerprint density at radius 3 is 2.53 bits per heavy atom. The third-order valence-corrected chi connectivity index (χ3v) is 3.72. The number of nitrogens with one attached hydrogen (secondary N) is 1. The Balaban J connectivity index is 2.65. The van der Waals surface area contributed by atoms with Gasteiger partial charge in [-0.2, -0.15) is 0 Å². The van der Waals surface area contributed by atoms with E-state index in [1.54, 1.807) is 0 Å². The predicted molar refractivity (Wildman–Crippen MR) is 82.9 cm³/mol. The molecule has 19 heavy (non-hydrogen) atoms. The number of nitrogens with two attached hydrogens (primary N) is 1. The smallest absolute Gasteiger partial charge is 0.0472 e. The number of hydrogen-bond acceptors (Lipinski definition) is 3. The van der Waals surface area contributed by atoms with E-state index < -0.39 is 0 Å². The highest BCUT2D eigenvalue weighted by atomic mass is 15.2. The van der Waals surface area contributed by atoms with Crippen molar-refractivity contribution in [3.63, 3.8) is 0 Å². The molecule has 0 aromatic heterocycles. The van der Waals surface area contributed by atoms with Crippen LogP contribution in [0.3, 0.4) is 0 Å². The molecule has 0 aliphatic rings. The number of aryl methyl sites for hydroxylation is 1. The lowest BCUT2D eigenvalue weighted by molar-refractivity contribution is 0.282. The van der Waals surface area contributed by atoms with Crippen LogP contribution in [0, 0.1) is 0 Å². The lowest BCUT2D eigenvalue weighted by Crippen LogP contribution is -2.32. The molecular weight excluding hydrogens is 234 g/mol. The summed E-state index contributed by atoms with van der Waals surface area (Å²) in [7, 11) is 0. The third kappa shape index (κ3) is 5.31. The average Bonchev–Trinajstić information content (AvgIpc) is 2.44. The summed E-state index contributed by atoms with van der Waals surface area (Å²) in [5.74, 6) is 5.73. The summed E-state index contributed by atoms with van der Waals surface area (Å²) in [6.07, 6.45) is 3.37. The summed E-state index contributed by atoms with van der Waals surface area (Å²) < 4.78 is 0. The van der Waals surface area contributed by atoms with E-state index in [9.17, 15) is 0 Å². The van der Waals surface area contributed by atoms with Crippen LogP contribution in [-0.2, 0) is 6.42 Å². The van der Waals surface area contributed by atoms with Gasteiger partial charge in [0.2, 0.25) is 0 Å². The molecule has 1 aromatic rings. The molecule has 3 N–H and O–H groups in total. The van der Waals surface area contributed by atoms with Crippen molar-refractivity contribution in [1.82, 2.24) is 10.3 Å². The number of benzene rings is 1. The number of rotatable bonds is 9. The lowest BCUT2D eigenvalue weighted by atomic mass is 10.00. The SMILES string of the molecule is CCCc1cccc(C(CCN(CC)CC)NN)c1. The van der Waals surface area contributed by atoms with Crippen molar-refractivity contribution < 1.29 is 0 Å². The Hall–Kier alpha value is -0.900. The Kier molecular flexibility index (Phi) is 7.72. The Bertz CT molecular complexity index is 348. The fourth-order valence-electron chi connectivity index (χ4n) is 2.45. The second kappa shape index (κ2) is 9.08. The summed E-state index contributed by atoms with van der Waals surface area (Å²) in [5, 5.41) is 0. The monoisotopic (exact) mass is 263 g/mol. The number of hydrazine groups is 1. The minimum Gasteiger partial charge on any atom is -0.304 e. The standard InChI is InChI=1S/C16H29N3/c1-4-8-14-9-7-10-15(13-14)16(18-17)11-12-19(5-2)6-3/h7,9-10,13,16,18H,4-6,8,11-12,17H2,1-3H3. The van der Waals surface area contributed by atoms with Crippen molar-refractivity contribution in [2.75, 3.05) is 19.6 Å². The van der Waals surface area contributed by atoms with E-state index in [-0.39, 0.29) is 6.04 Å². The van der Waals surface area contributed by atoms with Crippen molar-refractivity contribution in [2.45, 2.75) is 46.1 Å².